The van der Waals surface area contributed by atoms with E-state index in [0.29, 0.717) is 12.0 Å². The van der Waals surface area contributed by atoms with Crippen LogP contribution in [0.5, 0.6) is 5.75 Å². The lowest BCUT2D eigenvalue weighted by Gasteiger charge is -2.28. The Labute approximate surface area is 149 Å². The van der Waals surface area contributed by atoms with E-state index in [2.05, 4.69) is 0 Å². The number of Topliss-reactive ketones (excluding diaryl/α,β-unsaturated/α-hetero) is 1. The van der Waals surface area contributed by atoms with Gasteiger partial charge in [0.1, 0.15) is 11.5 Å². The highest BCUT2D eigenvalue weighted by molar-refractivity contribution is 6.47. The fourth-order valence-electron chi connectivity index (χ4n) is 3.33. The minimum atomic E-state index is -1.29. The van der Waals surface area contributed by atoms with Crippen molar-refractivity contribution in [2.45, 2.75) is 37.9 Å². The van der Waals surface area contributed by atoms with Crippen molar-refractivity contribution in [1.29, 1.82) is 0 Å². The Morgan fingerprint density at radius 1 is 1.23 bits per heavy atom. The predicted molar refractivity (Wildman–Crippen MR) is 89.7 cm³/mol. The summed E-state index contributed by atoms with van der Waals surface area (Å²) in [7, 11) is -1.29. The molecule has 2 N–H and O–H groups in total. The topological polar surface area (TPSA) is 121 Å². The standard InChI is InChI=1S/C17H18BNO7/c20-12(6-7-19-14(21)4-5-15(19)22)9-11-8-10-2-1-3-13(17(23)24)16(10)26-18(11)25/h1-3,11,25H,4-9H2,(H,23,24)/t11-/m1/s1. The highest BCUT2D eigenvalue weighted by Gasteiger charge is 2.38. The number of amides is 2. The van der Waals surface area contributed by atoms with Gasteiger partial charge in [-0.3, -0.25) is 19.3 Å². The molecule has 0 unspecified atom stereocenters. The summed E-state index contributed by atoms with van der Waals surface area (Å²) in [5.74, 6) is -2.25. The molecular weight excluding hydrogens is 341 g/mol. The molecule has 136 valence electrons. The van der Waals surface area contributed by atoms with Crippen LogP contribution in [0.25, 0.3) is 0 Å². The zero-order chi connectivity index (χ0) is 18.8. The number of carboxylic acids is 1. The van der Waals surface area contributed by atoms with Crippen molar-refractivity contribution in [3.63, 3.8) is 0 Å². The largest absolute Gasteiger partial charge is 0.535 e. The van der Waals surface area contributed by atoms with Gasteiger partial charge in [-0.05, 0) is 18.1 Å². The summed E-state index contributed by atoms with van der Waals surface area (Å²) in [5, 5.41) is 19.3. The van der Waals surface area contributed by atoms with E-state index in [-0.39, 0.29) is 61.1 Å². The number of fused-ring (bicyclic) bond motifs is 1. The molecule has 0 aromatic heterocycles. The molecule has 0 spiro atoms. The number of benzene rings is 1. The van der Waals surface area contributed by atoms with E-state index < -0.39 is 18.9 Å². The Morgan fingerprint density at radius 2 is 1.92 bits per heavy atom. The molecule has 8 nitrogen and oxygen atoms in total. The maximum absolute atomic E-state index is 12.2. The third-order valence-corrected chi connectivity index (χ3v) is 4.71. The number of rotatable bonds is 6. The minimum absolute atomic E-state index is 0.0220. The molecule has 9 heteroatoms. The summed E-state index contributed by atoms with van der Waals surface area (Å²) < 4.78 is 5.35. The van der Waals surface area contributed by atoms with E-state index in [9.17, 15) is 29.3 Å². The van der Waals surface area contributed by atoms with Crippen LogP contribution in [0, 0.1) is 0 Å². The highest BCUT2D eigenvalue weighted by atomic mass is 16.5. The van der Waals surface area contributed by atoms with Crippen LogP contribution in [-0.2, 0) is 20.8 Å². The third-order valence-electron chi connectivity index (χ3n) is 4.71. The molecule has 2 aliphatic heterocycles. The van der Waals surface area contributed by atoms with E-state index in [1.54, 1.807) is 12.1 Å². The second-order valence-corrected chi connectivity index (χ2v) is 6.50. The molecule has 2 amide bonds. The van der Waals surface area contributed by atoms with Gasteiger partial charge in [0.15, 0.2) is 0 Å². The van der Waals surface area contributed by atoms with E-state index in [4.69, 9.17) is 4.65 Å². The minimum Gasteiger partial charge on any atom is -0.535 e. The van der Waals surface area contributed by atoms with Crippen molar-refractivity contribution in [2.24, 2.45) is 0 Å². The summed E-state index contributed by atoms with van der Waals surface area (Å²) in [5.41, 5.74) is 0.593. The van der Waals surface area contributed by atoms with Crippen LogP contribution in [-0.4, -0.2) is 52.3 Å². The van der Waals surface area contributed by atoms with Crippen LogP contribution < -0.4 is 4.65 Å². The fourth-order valence-corrected chi connectivity index (χ4v) is 3.33. The van der Waals surface area contributed by atoms with Crippen LogP contribution >= 0.6 is 0 Å². The van der Waals surface area contributed by atoms with Gasteiger partial charge in [-0.2, -0.15) is 0 Å². The Balaban J connectivity index is 1.61. The number of carbonyl (C=O) groups excluding carboxylic acids is 3. The average molecular weight is 359 g/mol. The van der Waals surface area contributed by atoms with E-state index in [1.807, 2.05) is 0 Å². The van der Waals surface area contributed by atoms with Crippen molar-refractivity contribution < 1.29 is 34.0 Å². The van der Waals surface area contributed by atoms with Crippen LogP contribution in [0.3, 0.4) is 0 Å². The summed E-state index contributed by atoms with van der Waals surface area (Å²) >= 11 is 0. The average Bonchev–Trinajstić information content (AvgIpc) is 2.91. The van der Waals surface area contributed by atoms with Gasteiger partial charge >= 0.3 is 13.1 Å². The number of para-hydroxylation sites is 1. The molecule has 3 rings (SSSR count). The summed E-state index contributed by atoms with van der Waals surface area (Å²) in [6, 6.07) is 4.68. The number of nitrogens with zero attached hydrogens (tertiary/aromatic N) is 1. The molecule has 0 aliphatic carbocycles. The van der Waals surface area contributed by atoms with E-state index >= 15 is 0 Å². The number of ketones is 1. The zero-order valence-electron chi connectivity index (χ0n) is 14.0. The molecule has 2 aliphatic rings. The van der Waals surface area contributed by atoms with Crippen LogP contribution in [0.1, 0.15) is 41.6 Å². The van der Waals surface area contributed by atoms with Crippen molar-refractivity contribution in [2.75, 3.05) is 6.54 Å². The van der Waals surface area contributed by atoms with Gasteiger partial charge in [-0.25, -0.2) is 4.79 Å². The molecule has 0 radical (unpaired) electrons. The first-order valence-corrected chi connectivity index (χ1v) is 8.41. The monoisotopic (exact) mass is 359 g/mol. The second-order valence-electron chi connectivity index (χ2n) is 6.50. The maximum atomic E-state index is 12.2. The first-order chi connectivity index (χ1) is 12.4. The lowest BCUT2D eigenvalue weighted by atomic mass is 9.64. The summed E-state index contributed by atoms with van der Waals surface area (Å²) in [6.07, 6.45) is 0.734. The second kappa shape index (κ2) is 7.29. The number of aromatic carboxylic acids is 1. The summed E-state index contributed by atoms with van der Waals surface area (Å²) in [6.45, 7) is 0.0555. The Kier molecular flexibility index (Phi) is 5.08. The number of carbonyl (C=O) groups is 4. The Morgan fingerprint density at radius 3 is 2.58 bits per heavy atom. The van der Waals surface area contributed by atoms with Crippen LogP contribution in [0.4, 0.5) is 0 Å². The number of hydrogen-bond donors (Lipinski definition) is 2. The quantitative estimate of drug-likeness (QED) is 0.566. The number of hydrogen-bond acceptors (Lipinski definition) is 6. The fraction of sp³-hybridized carbons (Fsp3) is 0.412. The first kappa shape index (κ1) is 18.1. The molecule has 26 heavy (non-hydrogen) atoms. The van der Waals surface area contributed by atoms with Crippen LogP contribution in [0.15, 0.2) is 18.2 Å². The van der Waals surface area contributed by atoms with Gasteiger partial charge in [-0.15, -0.1) is 0 Å². The molecule has 1 saturated heterocycles. The van der Waals surface area contributed by atoms with Gasteiger partial charge in [0.05, 0.1) is 5.56 Å². The molecule has 1 aromatic carbocycles. The van der Waals surface area contributed by atoms with Gasteiger partial charge < -0.3 is 14.8 Å². The smallest absolute Gasteiger partial charge is 0.526 e. The number of imide groups is 1. The molecule has 1 atom stereocenters. The lowest BCUT2D eigenvalue weighted by Crippen LogP contribution is -2.36. The molecule has 1 aromatic rings. The maximum Gasteiger partial charge on any atom is 0.526 e. The van der Waals surface area contributed by atoms with Gasteiger partial charge in [-0.1, -0.05) is 12.1 Å². The van der Waals surface area contributed by atoms with Crippen molar-refractivity contribution in [1.82, 2.24) is 4.90 Å². The van der Waals surface area contributed by atoms with E-state index in [1.165, 1.54) is 6.07 Å². The van der Waals surface area contributed by atoms with E-state index in [0.717, 1.165) is 4.90 Å². The first-order valence-electron chi connectivity index (χ1n) is 8.41. The lowest BCUT2D eigenvalue weighted by molar-refractivity contribution is -0.138. The molecular formula is C17H18BNO7. The zero-order valence-corrected chi connectivity index (χ0v) is 14.0. The third kappa shape index (κ3) is 3.62. The SMILES string of the molecule is O=C(CCN1C(=O)CCC1=O)C[C@H]1Cc2cccc(C(=O)O)c2OB1O. The normalized spacial score (nSPS) is 19.3. The van der Waals surface area contributed by atoms with Crippen molar-refractivity contribution >= 4 is 30.7 Å². The molecule has 2 heterocycles. The summed E-state index contributed by atoms with van der Waals surface area (Å²) in [4.78, 5) is 47.6. The van der Waals surface area contributed by atoms with Crippen LogP contribution in [0.2, 0.25) is 5.82 Å². The number of carboxylic acid groups (broad SMARTS) is 1. The Hall–Kier alpha value is -2.68. The van der Waals surface area contributed by atoms with Crippen molar-refractivity contribution in [3.8, 4) is 5.75 Å². The van der Waals surface area contributed by atoms with Gasteiger partial charge in [0.25, 0.3) is 0 Å². The number of likely N-dealkylation sites (tertiary alicyclic amines) is 1. The highest BCUT2D eigenvalue weighted by Crippen LogP contribution is 2.36. The van der Waals surface area contributed by atoms with Gasteiger partial charge in [0.2, 0.25) is 11.8 Å². The molecule has 0 saturated carbocycles. The Bertz CT molecular complexity index is 762. The van der Waals surface area contributed by atoms with Crippen molar-refractivity contribution in [3.05, 3.63) is 29.3 Å². The molecule has 0 bridgehead atoms. The predicted octanol–water partition coefficient (Wildman–Crippen LogP) is 0.669. The molecule has 1 fully saturated rings. The van der Waals surface area contributed by atoms with Gasteiger partial charge in [0, 0.05) is 38.0 Å².